The lowest BCUT2D eigenvalue weighted by atomic mass is 10.3. The molecule has 0 saturated carbocycles. The molecule has 0 N–H and O–H groups in total. The molecule has 0 spiro atoms. The SMILES string of the molecule is CCSCC(=O)Cc1ccc(Cl)s1. The van der Waals surface area contributed by atoms with Gasteiger partial charge in [0.05, 0.1) is 10.1 Å². The van der Waals surface area contributed by atoms with Gasteiger partial charge in [-0.2, -0.15) is 11.8 Å². The van der Waals surface area contributed by atoms with Crippen LogP contribution in [0.1, 0.15) is 11.8 Å². The fraction of sp³-hybridized carbons (Fsp3) is 0.444. The minimum atomic E-state index is 0.283. The van der Waals surface area contributed by atoms with Gasteiger partial charge in [-0.25, -0.2) is 0 Å². The van der Waals surface area contributed by atoms with E-state index in [1.165, 1.54) is 11.3 Å². The molecule has 0 aliphatic rings. The Kier molecular flexibility index (Phi) is 4.84. The lowest BCUT2D eigenvalue weighted by Gasteiger charge is -1.96. The quantitative estimate of drug-likeness (QED) is 0.778. The van der Waals surface area contributed by atoms with Gasteiger partial charge >= 0.3 is 0 Å². The fourth-order valence-electron chi connectivity index (χ4n) is 0.908. The summed E-state index contributed by atoms with van der Waals surface area (Å²) in [5.74, 6) is 1.90. The molecule has 13 heavy (non-hydrogen) atoms. The van der Waals surface area contributed by atoms with Crippen molar-refractivity contribution in [2.45, 2.75) is 13.3 Å². The van der Waals surface area contributed by atoms with E-state index in [0.717, 1.165) is 15.0 Å². The Morgan fingerprint density at radius 1 is 1.62 bits per heavy atom. The van der Waals surface area contributed by atoms with Gasteiger partial charge in [0.15, 0.2) is 0 Å². The minimum absolute atomic E-state index is 0.283. The van der Waals surface area contributed by atoms with E-state index in [9.17, 15) is 4.79 Å². The van der Waals surface area contributed by atoms with Crippen LogP contribution in [-0.4, -0.2) is 17.3 Å². The van der Waals surface area contributed by atoms with Crippen LogP contribution in [0.3, 0.4) is 0 Å². The molecule has 0 amide bonds. The molecule has 0 radical (unpaired) electrons. The van der Waals surface area contributed by atoms with Crippen LogP contribution in [-0.2, 0) is 11.2 Å². The van der Waals surface area contributed by atoms with Crippen LogP contribution < -0.4 is 0 Å². The molecule has 4 heteroatoms. The summed E-state index contributed by atoms with van der Waals surface area (Å²) >= 11 is 8.90. The topological polar surface area (TPSA) is 17.1 Å². The third kappa shape index (κ3) is 4.16. The number of rotatable bonds is 5. The van der Waals surface area contributed by atoms with Gasteiger partial charge in [0.25, 0.3) is 0 Å². The Morgan fingerprint density at radius 3 is 2.92 bits per heavy atom. The van der Waals surface area contributed by atoms with Crippen LogP contribution in [0.2, 0.25) is 4.34 Å². The summed E-state index contributed by atoms with van der Waals surface area (Å²) in [7, 11) is 0. The van der Waals surface area contributed by atoms with Crippen LogP contribution in [0.15, 0.2) is 12.1 Å². The average Bonchev–Trinajstić information content (AvgIpc) is 2.48. The molecule has 0 fully saturated rings. The van der Waals surface area contributed by atoms with Gasteiger partial charge in [-0.3, -0.25) is 4.79 Å². The zero-order valence-electron chi connectivity index (χ0n) is 7.38. The van der Waals surface area contributed by atoms with Crippen molar-refractivity contribution >= 4 is 40.5 Å². The second-order valence-corrected chi connectivity index (χ2v) is 5.63. The van der Waals surface area contributed by atoms with Gasteiger partial charge < -0.3 is 0 Å². The largest absolute Gasteiger partial charge is 0.298 e. The number of hydrogen-bond donors (Lipinski definition) is 0. The van der Waals surface area contributed by atoms with Crippen molar-refractivity contribution in [1.29, 1.82) is 0 Å². The van der Waals surface area contributed by atoms with Crippen molar-refractivity contribution in [3.05, 3.63) is 21.3 Å². The van der Waals surface area contributed by atoms with Crippen molar-refractivity contribution < 1.29 is 4.79 Å². The van der Waals surface area contributed by atoms with Gasteiger partial charge in [-0.05, 0) is 17.9 Å². The Bertz CT molecular complexity index is 283. The number of hydrogen-bond acceptors (Lipinski definition) is 3. The number of carbonyl (C=O) groups excluding carboxylic acids is 1. The normalized spacial score (nSPS) is 10.3. The predicted octanol–water partition coefficient (Wildman–Crippen LogP) is 3.27. The highest BCUT2D eigenvalue weighted by molar-refractivity contribution is 7.99. The summed E-state index contributed by atoms with van der Waals surface area (Å²) in [4.78, 5) is 12.4. The second kappa shape index (κ2) is 5.68. The molecular formula is C9H11ClOS2. The molecule has 0 atom stereocenters. The van der Waals surface area contributed by atoms with Gasteiger partial charge in [0.1, 0.15) is 5.78 Å². The first-order valence-electron chi connectivity index (χ1n) is 4.06. The molecule has 1 aromatic heterocycles. The summed E-state index contributed by atoms with van der Waals surface area (Å²) in [5.41, 5.74) is 0. The van der Waals surface area contributed by atoms with Crippen LogP contribution in [0.4, 0.5) is 0 Å². The first kappa shape index (κ1) is 11.1. The van der Waals surface area contributed by atoms with Crippen LogP contribution in [0, 0.1) is 0 Å². The third-order valence-electron chi connectivity index (χ3n) is 1.47. The summed E-state index contributed by atoms with van der Waals surface area (Å²) in [6, 6.07) is 3.75. The second-order valence-electron chi connectivity index (χ2n) is 2.56. The zero-order chi connectivity index (χ0) is 9.68. The summed E-state index contributed by atoms with van der Waals surface area (Å²) in [6.07, 6.45) is 0.532. The smallest absolute Gasteiger partial charge is 0.147 e. The van der Waals surface area contributed by atoms with Crippen molar-refractivity contribution in [2.24, 2.45) is 0 Å². The van der Waals surface area contributed by atoms with Gasteiger partial charge in [0, 0.05) is 11.3 Å². The van der Waals surface area contributed by atoms with Crippen molar-refractivity contribution in [1.82, 2.24) is 0 Å². The Morgan fingerprint density at radius 2 is 2.38 bits per heavy atom. The summed E-state index contributed by atoms with van der Waals surface area (Å²) in [6.45, 7) is 2.06. The van der Waals surface area contributed by atoms with E-state index in [-0.39, 0.29) is 5.78 Å². The lowest BCUT2D eigenvalue weighted by Crippen LogP contribution is -2.04. The van der Waals surface area contributed by atoms with E-state index in [4.69, 9.17) is 11.6 Å². The van der Waals surface area contributed by atoms with Gasteiger partial charge in [-0.15, -0.1) is 11.3 Å². The molecule has 1 aromatic rings. The molecule has 1 heterocycles. The van der Waals surface area contributed by atoms with Gasteiger partial charge in [0.2, 0.25) is 0 Å². The van der Waals surface area contributed by atoms with E-state index in [0.29, 0.717) is 12.2 Å². The Labute approximate surface area is 91.5 Å². The average molecular weight is 235 g/mol. The monoisotopic (exact) mass is 234 g/mol. The maximum atomic E-state index is 11.3. The van der Waals surface area contributed by atoms with E-state index in [2.05, 4.69) is 6.92 Å². The molecule has 0 aliphatic carbocycles. The summed E-state index contributed by atoms with van der Waals surface area (Å²) in [5, 5.41) is 0. The molecule has 0 bridgehead atoms. The number of ketones is 1. The standard InChI is InChI=1S/C9H11ClOS2/c1-2-12-6-7(11)5-8-3-4-9(10)13-8/h3-4H,2,5-6H2,1H3. The highest BCUT2D eigenvalue weighted by Gasteiger charge is 2.05. The number of carbonyl (C=O) groups is 1. The molecule has 1 rings (SSSR count). The lowest BCUT2D eigenvalue weighted by molar-refractivity contribution is -0.115. The number of Topliss-reactive ketones (excluding diaryl/α,β-unsaturated/α-hetero) is 1. The van der Waals surface area contributed by atoms with Crippen molar-refractivity contribution in [2.75, 3.05) is 11.5 Å². The maximum Gasteiger partial charge on any atom is 0.147 e. The Balaban J connectivity index is 2.36. The first-order valence-corrected chi connectivity index (χ1v) is 6.41. The van der Waals surface area contributed by atoms with E-state index in [1.807, 2.05) is 12.1 Å². The highest BCUT2D eigenvalue weighted by Crippen LogP contribution is 2.22. The minimum Gasteiger partial charge on any atom is -0.298 e. The molecule has 1 nitrogen and oxygen atoms in total. The van der Waals surface area contributed by atoms with Crippen LogP contribution in [0.5, 0.6) is 0 Å². The predicted molar refractivity (Wildman–Crippen MR) is 61.0 cm³/mol. The number of thiophene rings is 1. The fourth-order valence-corrected chi connectivity index (χ4v) is 2.56. The van der Waals surface area contributed by atoms with Crippen LogP contribution in [0.25, 0.3) is 0 Å². The zero-order valence-corrected chi connectivity index (χ0v) is 9.77. The number of thioether (sulfide) groups is 1. The Hall–Kier alpha value is 0.01000. The van der Waals surface area contributed by atoms with E-state index < -0.39 is 0 Å². The van der Waals surface area contributed by atoms with E-state index in [1.54, 1.807) is 11.8 Å². The molecule has 0 saturated heterocycles. The van der Waals surface area contributed by atoms with Crippen molar-refractivity contribution in [3.8, 4) is 0 Å². The summed E-state index contributed by atoms with van der Waals surface area (Å²) < 4.78 is 0.756. The molecule has 0 aromatic carbocycles. The molecular weight excluding hydrogens is 224 g/mol. The van der Waals surface area contributed by atoms with E-state index >= 15 is 0 Å². The first-order chi connectivity index (χ1) is 6.22. The molecule has 72 valence electrons. The molecule has 0 unspecified atom stereocenters. The number of halogens is 1. The van der Waals surface area contributed by atoms with Gasteiger partial charge in [-0.1, -0.05) is 18.5 Å². The van der Waals surface area contributed by atoms with Crippen LogP contribution >= 0.6 is 34.7 Å². The molecule has 0 aliphatic heterocycles. The third-order valence-corrected chi connectivity index (χ3v) is 3.63. The van der Waals surface area contributed by atoms with Crippen molar-refractivity contribution in [3.63, 3.8) is 0 Å². The maximum absolute atomic E-state index is 11.3. The highest BCUT2D eigenvalue weighted by atomic mass is 35.5.